The standard InChI is InChI=1S/C18H16FNO3S/c1-13-2-4-14(5-3-13)11-24(21,22)12-17-10-23-18(20-17)15-6-8-16(19)9-7-15/h2-10H,11-12H2,1H3. The van der Waals surface area contributed by atoms with E-state index in [9.17, 15) is 12.8 Å². The summed E-state index contributed by atoms with van der Waals surface area (Å²) in [5.41, 5.74) is 2.75. The van der Waals surface area contributed by atoms with Crippen LogP contribution in [0.1, 0.15) is 16.8 Å². The lowest BCUT2D eigenvalue weighted by molar-refractivity contribution is 0.571. The van der Waals surface area contributed by atoms with Crippen LogP contribution in [-0.2, 0) is 21.3 Å². The van der Waals surface area contributed by atoms with Gasteiger partial charge in [-0.05, 0) is 36.8 Å². The Hall–Kier alpha value is -2.47. The van der Waals surface area contributed by atoms with Crippen LogP contribution < -0.4 is 0 Å². The van der Waals surface area contributed by atoms with Crippen molar-refractivity contribution in [1.82, 2.24) is 4.98 Å². The van der Waals surface area contributed by atoms with Gasteiger partial charge in [-0.25, -0.2) is 17.8 Å². The first-order chi connectivity index (χ1) is 11.4. The molecule has 0 radical (unpaired) electrons. The minimum atomic E-state index is -3.36. The van der Waals surface area contributed by atoms with Gasteiger partial charge in [0.2, 0.25) is 5.89 Å². The molecule has 3 aromatic rings. The van der Waals surface area contributed by atoms with E-state index < -0.39 is 9.84 Å². The van der Waals surface area contributed by atoms with Crippen LogP contribution in [0, 0.1) is 12.7 Å². The first-order valence-corrected chi connectivity index (χ1v) is 9.20. The van der Waals surface area contributed by atoms with Crippen molar-refractivity contribution in [3.8, 4) is 11.5 Å². The fraction of sp³-hybridized carbons (Fsp3) is 0.167. The van der Waals surface area contributed by atoms with Crippen molar-refractivity contribution < 1.29 is 17.2 Å². The average Bonchev–Trinajstić information content (AvgIpc) is 2.98. The second kappa shape index (κ2) is 6.57. The number of benzene rings is 2. The van der Waals surface area contributed by atoms with Crippen LogP contribution in [0.2, 0.25) is 0 Å². The summed E-state index contributed by atoms with van der Waals surface area (Å²) in [6, 6.07) is 13.0. The topological polar surface area (TPSA) is 60.2 Å². The molecule has 0 aliphatic rings. The molecule has 0 bridgehead atoms. The van der Waals surface area contributed by atoms with Crippen molar-refractivity contribution in [2.24, 2.45) is 0 Å². The van der Waals surface area contributed by atoms with Crippen molar-refractivity contribution in [3.63, 3.8) is 0 Å². The van der Waals surface area contributed by atoms with Crippen LogP contribution in [0.25, 0.3) is 11.5 Å². The molecule has 0 N–H and O–H groups in total. The molecule has 0 aliphatic carbocycles. The Morgan fingerprint density at radius 3 is 2.33 bits per heavy atom. The van der Waals surface area contributed by atoms with Crippen molar-refractivity contribution >= 4 is 9.84 Å². The minimum absolute atomic E-state index is 0.0496. The smallest absolute Gasteiger partial charge is 0.226 e. The van der Waals surface area contributed by atoms with Gasteiger partial charge in [-0.3, -0.25) is 0 Å². The number of oxazole rings is 1. The van der Waals surface area contributed by atoms with Gasteiger partial charge in [0.05, 0.1) is 17.2 Å². The molecular formula is C18H16FNO3S. The maximum Gasteiger partial charge on any atom is 0.226 e. The summed E-state index contributed by atoms with van der Waals surface area (Å²) in [5, 5.41) is 0. The molecule has 6 heteroatoms. The van der Waals surface area contributed by atoms with Crippen LogP contribution in [0.3, 0.4) is 0 Å². The van der Waals surface area contributed by atoms with Crippen LogP contribution in [0.4, 0.5) is 4.39 Å². The van der Waals surface area contributed by atoms with Crippen molar-refractivity contribution in [1.29, 1.82) is 0 Å². The fourth-order valence-corrected chi connectivity index (χ4v) is 3.70. The van der Waals surface area contributed by atoms with E-state index in [0.717, 1.165) is 11.1 Å². The van der Waals surface area contributed by atoms with E-state index in [0.29, 0.717) is 11.3 Å². The third kappa shape index (κ3) is 4.08. The minimum Gasteiger partial charge on any atom is -0.444 e. The molecule has 1 aromatic heterocycles. The molecule has 0 unspecified atom stereocenters. The first-order valence-electron chi connectivity index (χ1n) is 7.38. The Balaban J connectivity index is 1.73. The molecule has 0 saturated carbocycles. The summed E-state index contributed by atoms with van der Waals surface area (Å²) in [4.78, 5) is 4.18. The highest BCUT2D eigenvalue weighted by Crippen LogP contribution is 2.20. The number of sulfone groups is 1. The van der Waals surface area contributed by atoms with E-state index in [1.807, 2.05) is 19.1 Å². The van der Waals surface area contributed by atoms with Crippen molar-refractivity contribution in [2.45, 2.75) is 18.4 Å². The summed E-state index contributed by atoms with van der Waals surface area (Å²) in [6.45, 7) is 1.95. The van der Waals surface area contributed by atoms with Gasteiger partial charge in [-0.1, -0.05) is 29.8 Å². The highest BCUT2D eigenvalue weighted by Gasteiger charge is 2.17. The Bertz CT molecular complexity index is 929. The molecule has 0 atom stereocenters. The van der Waals surface area contributed by atoms with Crippen molar-refractivity contribution in [3.05, 3.63) is 77.4 Å². The lowest BCUT2D eigenvalue weighted by atomic mass is 10.2. The van der Waals surface area contributed by atoms with Gasteiger partial charge < -0.3 is 4.42 Å². The maximum atomic E-state index is 12.9. The number of nitrogens with zero attached hydrogens (tertiary/aromatic N) is 1. The average molecular weight is 345 g/mol. The van der Waals surface area contributed by atoms with Crippen molar-refractivity contribution in [2.75, 3.05) is 0 Å². The molecule has 24 heavy (non-hydrogen) atoms. The predicted molar refractivity (Wildman–Crippen MR) is 89.4 cm³/mol. The lowest BCUT2D eigenvalue weighted by Gasteiger charge is -2.03. The Morgan fingerprint density at radius 2 is 1.67 bits per heavy atom. The number of halogens is 1. The monoisotopic (exact) mass is 345 g/mol. The Kier molecular flexibility index (Phi) is 4.49. The summed E-state index contributed by atoms with van der Waals surface area (Å²) in [7, 11) is -3.36. The van der Waals surface area contributed by atoms with E-state index in [1.165, 1.54) is 30.5 Å². The fourth-order valence-electron chi connectivity index (χ4n) is 2.31. The molecule has 0 spiro atoms. The van der Waals surface area contributed by atoms with Gasteiger partial charge in [0, 0.05) is 5.56 Å². The molecule has 0 saturated heterocycles. The Labute approximate surface area is 139 Å². The normalized spacial score (nSPS) is 11.6. The second-order valence-corrected chi connectivity index (χ2v) is 7.73. The molecule has 4 nitrogen and oxygen atoms in total. The number of hydrogen-bond acceptors (Lipinski definition) is 4. The molecule has 124 valence electrons. The van der Waals surface area contributed by atoms with Gasteiger partial charge in [-0.15, -0.1) is 0 Å². The van der Waals surface area contributed by atoms with Crippen LogP contribution in [0.15, 0.2) is 59.2 Å². The zero-order valence-electron chi connectivity index (χ0n) is 13.1. The summed E-state index contributed by atoms with van der Waals surface area (Å²) >= 11 is 0. The maximum absolute atomic E-state index is 12.9. The van der Waals surface area contributed by atoms with E-state index >= 15 is 0 Å². The van der Waals surface area contributed by atoms with E-state index in [1.54, 1.807) is 12.1 Å². The van der Waals surface area contributed by atoms with Gasteiger partial charge in [0.25, 0.3) is 0 Å². The highest BCUT2D eigenvalue weighted by molar-refractivity contribution is 7.89. The number of aromatic nitrogens is 1. The molecular weight excluding hydrogens is 329 g/mol. The first kappa shape index (κ1) is 16.4. The quantitative estimate of drug-likeness (QED) is 0.703. The van der Waals surface area contributed by atoms with Gasteiger partial charge >= 0.3 is 0 Å². The Morgan fingerprint density at radius 1 is 1.00 bits per heavy atom. The largest absolute Gasteiger partial charge is 0.444 e. The number of hydrogen-bond donors (Lipinski definition) is 0. The van der Waals surface area contributed by atoms with E-state index in [-0.39, 0.29) is 23.2 Å². The SMILES string of the molecule is Cc1ccc(CS(=O)(=O)Cc2coc(-c3ccc(F)cc3)n2)cc1. The highest BCUT2D eigenvalue weighted by atomic mass is 32.2. The molecule has 1 heterocycles. The van der Waals surface area contributed by atoms with Gasteiger partial charge in [0.15, 0.2) is 9.84 Å². The molecule has 0 aliphatic heterocycles. The molecule has 2 aromatic carbocycles. The number of aryl methyl sites for hydroxylation is 1. The molecule has 3 rings (SSSR count). The third-order valence-electron chi connectivity index (χ3n) is 3.52. The summed E-state index contributed by atoms with van der Waals surface area (Å²) in [6.07, 6.45) is 1.32. The molecule has 0 amide bonds. The number of rotatable bonds is 5. The van der Waals surface area contributed by atoms with Gasteiger partial charge in [-0.2, -0.15) is 0 Å². The van der Waals surface area contributed by atoms with Crippen LogP contribution in [-0.4, -0.2) is 13.4 Å². The van der Waals surface area contributed by atoms with Gasteiger partial charge in [0.1, 0.15) is 12.1 Å². The lowest BCUT2D eigenvalue weighted by Crippen LogP contribution is -2.08. The van der Waals surface area contributed by atoms with E-state index in [2.05, 4.69) is 4.98 Å². The second-order valence-electron chi connectivity index (χ2n) is 5.67. The predicted octanol–water partition coefficient (Wildman–Crippen LogP) is 3.90. The zero-order chi connectivity index (χ0) is 17.2. The summed E-state index contributed by atoms with van der Waals surface area (Å²) < 4.78 is 42.9. The molecule has 0 fully saturated rings. The zero-order valence-corrected chi connectivity index (χ0v) is 13.9. The van der Waals surface area contributed by atoms with E-state index in [4.69, 9.17) is 4.42 Å². The van der Waals surface area contributed by atoms with Crippen LogP contribution >= 0.6 is 0 Å². The summed E-state index contributed by atoms with van der Waals surface area (Å²) in [5.74, 6) is -0.334. The third-order valence-corrected chi connectivity index (χ3v) is 5.03. The van der Waals surface area contributed by atoms with Crippen LogP contribution in [0.5, 0.6) is 0 Å².